The highest BCUT2D eigenvalue weighted by Gasteiger charge is 2.41. The Morgan fingerprint density at radius 1 is 1.14 bits per heavy atom. The van der Waals surface area contributed by atoms with E-state index in [9.17, 15) is 15.0 Å². The Balaban J connectivity index is 2.25. The van der Waals surface area contributed by atoms with Crippen molar-refractivity contribution in [1.29, 1.82) is 0 Å². The number of hydrogen-bond acceptors (Lipinski definition) is 4. The molecular weight excluding hydrogens is 272 g/mol. The standard InChI is InChI=1S/C15H24N2O4/c1-7(2)6-10(13(18)16-9(5)8(3)4)17-14(19)11-12(21-11)15(17)20/h7-10,19-20H,6H2,1-5H3,(H,16,18)/t9-,10-/m0/s1. The molecule has 0 bridgehead atoms. The topological polar surface area (TPSA) is 87.0 Å². The lowest BCUT2D eigenvalue weighted by molar-refractivity contribution is -0.126. The van der Waals surface area contributed by atoms with Crippen molar-refractivity contribution in [1.82, 2.24) is 9.88 Å². The van der Waals surface area contributed by atoms with Gasteiger partial charge in [-0.25, -0.2) is 0 Å². The van der Waals surface area contributed by atoms with Gasteiger partial charge in [-0.05, 0) is 25.2 Å². The monoisotopic (exact) mass is 296 g/mol. The molecule has 0 aliphatic carbocycles. The van der Waals surface area contributed by atoms with Crippen LogP contribution in [0.25, 0.3) is 0 Å². The van der Waals surface area contributed by atoms with E-state index in [4.69, 9.17) is 4.74 Å². The molecule has 0 saturated carbocycles. The smallest absolute Gasteiger partial charge is 0.243 e. The summed E-state index contributed by atoms with van der Waals surface area (Å²) in [7, 11) is 0. The average Bonchev–Trinajstić information content (AvgIpc) is 3.12. The normalized spacial score (nSPS) is 15.6. The third-order valence-electron chi connectivity index (χ3n) is 3.91. The van der Waals surface area contributed by atoms with Crippen LogP contribution in [0.5, 0.6) is 23.3 Å². The van der Waals surface area contributed by atoms with E-state index in [0.29, 0.717) is 12.3 Å². The van der Waals surface area contributed by atoms with Crippen LogP contribution in [0.4, 0.5) is 0 Å². The molecule has 0 radical (unpaired) electrons. The van der Waals surface area contributed by atoms with Crippen LogP contribution in [-0.2, 0) is 4.79 Å². The first kappa shape index (κ1) is 15.5. The number of carbonyl (C=O) groups excluding carboxylic acids is 1. The Bertz CT molecular complexity index is 523. The number of amides is 1. The molecule has 0 saturated heterocycles. The summed E-state index contributed by atoms with van der Waals surface area (Å²) >= 11 is 0. The van der Waals surface area contributed by atoms with Crippen molar-refractivity contribution in [2.75, 3.05) is 0 Å². The highest BCUT2D eigenvalue weighted by Crippen LogP contribution is 2.61. The van der Waals surface area contributed by atoms with Crippen LogP contribution in [-0.4, -0.2) is 26.7 Å². The van der Waals surface area contributed by atoms with Crippen LogP contribution >= 0.6 is 0 Å². The van der Waals surface area contributed by atoms with Gasteiger partial charge in [0.1, 0.15) is 6.04 Å². The first-order valence-electron chi connectivity index (χ1n) is 7.38. The molecule has 0 unspecified atom stereocenters. The summed E-state index contributed by atoms with van der Waals surface area (Å²) in [5.74, 6) is 0.523. The first-order valence-corrected chi connectivity index (χ1v) is 7.38. The van der Waals surface area contributed by atoms with Gasteiger partial charge in [0.05, 0.1) is 0 Å². The molecule has 1 aromatic heterocycles. The lowest BCUT2D eigenvalue weighted by Crippen LogP contribution is -2.41. The number of carbonyl (C=O) groups is 1. The largest absolute Gasteiger partial charge is 0.492 e. The first-order chi connectivity index (χ1) is 9.73. The maximum absolute atomic E-state index is 12.5. The van der Waals surface area contributed by atoms with Gasteiger partial charge in [-0.1, -0.05) is 27.7 Å². The summed E-state index contributed by atoms with van der Waals surface area (Å²) in [6, 6.07) is -0.632. The van der Waals surface area contributed by atoms with E-state index in [1.54, 1.807) is 0 Å². The minimum absolute atomic E-state index is 0.0186. The van der Waals surface area contributed by atoms with Crippen molar-refractivity contribution in [3.05, 3.63) is 0 Å². The number of nitrogens with one attached hydrogen (secondary N) is 1. The third kappa shape index (κ3) is 2.94. The van der Waals surface area contributed by atoms with Crippen molar-refractivity contribution < 1.29 is 19.7 Å². The number of nitrogens with zero attached hydrogens (tertiary/aromatic N) is 1. The molecule has 0 aromatic carbocycles. The fourth-order valence-corrected chi connectivity index (χ4v) is 2.25. The number of hydrogen-bond donors (Lipinski definition) is 3. The zero-order valence-electron chi connectivity index (χ0n) is 13.2. The van der Waals surface area contributed by atoms with Gasteiger partial charge in [-0.2, -0.15) is 0 Å². The van der Waals surface area contributed by atoms with Crippen molar-refractivity contribution in [3.8, 4) is 23.3 Å². The SMILES string of the molecule is CC(C)C[C@@H](C(=O)N[C@@H](C)C(C)C)n1c(O)c2c(c1O)O2. The number of fused-ring (bicyclic) bond motifs is 1. The van der Waals surface area contributed by atoms with Gasteiger partial charge in [0.2, 0.25) is 29.2 Å². The number of ether oxygens (including phenoxy) is 1. The fraction of sp³-hybridized carbons (Fsp3) is 0.667. The molecule has 1 amide bonds. The van der Waals surface area contributed by atoms with Gasteiger partial charge in [0, 0.05) is 6.04 Å². The quantitative estimate of drug-likeness (QED) is 0.715. The van der Waals surface area contributed by atoms with E-state index >= 15 is 0 Å². The minimum Gasteiger partial charge on any atom is -0.492 e. The van der Waals surface area contributed by atoms with Gasteiger partial charge in [-0.15, -0.1) is 0 Å². The Labute approximate surface area is 124 Å². The highest BCUT2D eigenvalue weighted by molar-refractivity contribution is 5.82. The molecule has 1 aromatic rings. The zero-order valence-corrected chi connectivity index (χ0v) is 13.2. The molecule has 2 rings (SSSR count). The maximum Gasteiger partial charge on any atom is 0.243 e. The average molecular weight is 296 g/mol. The molecule has 1 aliphatic heterocycles. The molecule has 2 atom stereocenters. The van der Waals surface area contributed by atoms with Crippen molar-refractivity contribution in [2.24, 2.45) is 11.8 Å². The Hall–Kier alpha value is -1.85. The van der Waals surface area contributed by atoms with E-state index in [1.807, 2.05) is 34.6 Å². The second kappa shape index (κ2) is 5.50. The molecule has 6 heteroatoms. The van der Waals surface area contributed by atoms with Gasteiger partial charge >= 0.3 is 0 Å². The third-order valence-corrected chi connectivity index (χ3v) is 3.91. The molecule has 1 aliphatic rings. The molecule has 118 valence electrons. The van der Waals surface area contributed by atoms with E-state index in [2.05, 4.69) is 5.32 Å². The highest BCUT2D eigenvalue weighted by atomic mass is 16.6. The van der Waals surface area contributed by atoms with Gasteiger partial charge in [0.25, 0.3) is 0 Å². The van der Waals surface area contributed by atoms with Gasteiger partial charge in [-0.3, -0.25) is 9.36 Å². The van der Waals surface area contributed by atoms with Crippen LogP contribution in [0.2, 0.25) is 0 Å². The zero-order chi connectivity index (χ0) is 15.9. The maximum atomic E-state index is 12.5. The Morgan fingerprint density at radius 2 is 1.67 bits per heavy atom. The summed E-state index contributed by atoms with van der Waals surface area (Å²) in [6.45, 7) is 9.98. The Morgan fingerprint density at radius 3 is 2.10 bits per heavy atom. The van der Waals surface area contributed by atoms with E-state index < -0.39 is 6.04 Å². The van der Waals surface area contributed by atoms with Gasteiger partial charge in [0.15, 0.2) is 0 Å². The van der Waals surface area contributed by atoms with Crippen LogP contribution in [0.1, 0.15) is 47.1 Å². The Kier molecular flexibility index (Phi) is 4.07. The van der Waals surface area contributed by atoms with Crippen molar-refractivity contribution >= 4 is 5.91 Å². The summed E-state index contributed by atoms with van der Waals surface area (Å²) in [5.41, 5.74) is 0. The number of rotatable bonds is 6. The van der Waals surface area contributed by atoms with Crippen molar-refractivity contribution in [3.63, 3.8) is 0 Å². The summed E-state index contributed by atoms with van der Waals surface area (Å²) in [6.07, 6.45) is 0.519. The summed E-state index contributed by atoms with van der Waals surface area (Å²) in [5, 5.41) is 23.0. The minimum atomic E-state index is -0.650. The molecular formula is C15H24N2O4. The molecule has 2 heterocycles. The number of aromatic hydroxyl groups is 2. The predicted octanol–water partition coefficient (Wildman–Crippen LogP) is 2.75. The summed E-state index contributed by atoms with van der Waals surface area (Å²) in [4.78, 5) is 12.5. The van der Waals surface area contributed by atoms with Gasteiger partial charge < -0.3 is 20.3 Å². The van der Waals surface area contributed by atoms with Crippen LogP contribution in [0.15, 0.2) is 0 Å². The molecule has 0 fully saturated rings. The second-order valence-corrected chi connectivity index (χ2v) is 6.46. The van der Waals surface area contributed by atoms with E-state index in [1.165, 1.54) is 4.57 Å². The van der Waals surface area contributed by atoms with Crippen LogP contribution < -0.4 is 10.1 Å². The fourth-order valence-electron chi connectivity index (χ4n) is 2.25. The lowest BCUT2D eigenvalue weighted by Gasteiger charge is -2.25. The number of aromatic nitrogens is 1. The molecule has 0 spiro atoms. The molecule has 6 nitrogen and oxygen atoms in total. The summed E-state index contributed by atoms with van der Waals surface area (Å²) < 4.78 is 6.21. The van der Waals surface area contributed by atoms with E-state index in [-0.39, 0.29) is 41.1 Å². The van der Waals surface area contributed by atoms with Crippen LogP contribution in [0, 0.1) is 11.8 Å². The van der Waals surface area contributed by atoms with E-state index in [0.717, 1.165) is 0 Å². The lowest BCUT2D eigenvalue weighted by atomic mass is 10.0. The predicted molar refractivity (Wildman–Crippen MR) is 78.8 cm³/mol. The van der Waals surface area contributed by atoms with Crippen LogP contribution in [0.3, 0.4) is 0 Å². The molecule has 21 heavy (non-hydrogen) atoms. The second-order valence-electron chi connectivity index (χ2n) is 6.46. The molecule has 3 N–H and O–H groups in total. The van der Waals surface area contributed by atoms with Crippen molar-refractivity contribution in [2.45, 2.75) is 53.1 Å².